The lowest BCUT2D eigenvalue weighted by Crippen LogP contribution is -2.23. The maximum atomic E-state index is 12.3. The molecule has 0 bridgehead atoms. The van der Waals surface area contributed by atoms with Gasteiger partial charge in [0.2, 0.25) is 0 Å². The Labute approximate surface area is 148 Å². The van der Waals surface area contributed by atoms with E-state index in [1.165, 1.54) is 0 Å². The van der Waals surface area contributed by atoms with Crippen LogP contribution in [0.15, 0.2) is 42.5 Å². The SMILES string of the molecule is COc1ccc(C(=O)NCc2ccc(OC(C)(C)C)cc2)cc1OC. The fraction of sp³-hybridized carbons (Fsp3) is 0.350. The summed E-state index contributed by atoms with van der Waals surface area (Å²) in [5.41, 5.74) is 1.28. The number of amides is 1. The molecule has 0 saturated heterocycles. The summed E-state index contributed by atoms with van der Waals surface area (Å²) in [5, 5.41) is 2.90. The van der Waals surface area contributed by atoms with Gasteiger partial charge in [-0.1, -0.05) is 12.1 Å². The van der Waals surface area contributed by atoms with Crippen molar-refractivity contribution in [2.45, 2.75) is 32.9 Å². The molecule has 0 aromatic heterocycles. The van der Waals surface area contributed by atoms with Crippen LogP contribution in [0.3, 0.4) is 0 Å². The molecule has 0 aliphatic carbocycles. The van der Waals surface area contributed by atoms with E-state index in [1.54, 1.807) is 32.4 Å². The van der Waals surface area contributed by atoms with Crippen molar-refractivity contribution in [2.75, 3.05) is 14.2 Å². The van der Waals surface area contributed by atoms with E-state index in [0.29, 0.717) is 23.6 Å². The first-order chi connectivity index (χ1) is 11.8. The zero-order valence-corrected chi connectivity index (χ0v) is 15.4. The molecule has 0 heterocycles. The summed E-state index contributed by atoms with van der Waals surface area (Å²) in [6, 6.07) is 12.8. The quantitative estimate of drug-likeness (QED) is 0.866. The number of ether oxygens (including phenoxy) is 3. The predicted molar refractivity (Wildman–Crippen MR) is 97.5 cm³/mol. The van der Waals surface area contributed by atoms with Gasteiger partial charge in [-0.05, 0) is 56.7 Å². The summed E-state index contributed by atoms with van der Waals surface area (Å²) >= 11 is 0. The first kappa shape index (κ1) is 18.6. The molecule has 134 valence electrons. The van der Waals surface area contributed by atoms with E-state index in [1.807, 2.05) is 45.0 Å². The van der Waals surface area contributed by atoms with Gasteiger partial charge >= 0.3 is 0 Å². The normalized spacial score (nSPS) is 10.9. The van der Waals surface area contributed by atoms with Crippen molar-refractivity contribution in [3.8, 4) is 17.2 Å². The topological polar surface area (TPSA) is 56.8 Å². The molecule has 1 N–H and O–H groups in total. The van der Waals surface area contributed by atoms with Crippen LogP contribution in [0, 0.1) is 0 Å². The van der Waals surface area contributed by atoms with Crippen LogP contribution in [0.5, 0.6) is 17.2 Å². The number of carbonyl (C=O) groups excluding carboxylic acids is 1. The summed E-state index contributed by atoms with van der Waals surface area (Å²) in [7, 11) is 3.10. The second-order valence-corrected chi connectivity index (χ2v) is 6.61. The fourth-order valence-electron chi connectivity index (χ4n) is 2.29. The van der Waals surface area contributed by atoms with Gasteiger partial charge in [0.05, 0.1) is 14.2 Å². The molecule has 0 spiro atoms. The Morgan fingerprint density at radius 3 is 2.16 bits per heavy atom. The van der Waals surface area contributed by atoms with Crippen molar-refractivity contribution in [1.29, 1.82) is 0 Å². The van der Waals surface area contributed by atoms with Crippen molar-refractivity contribution in [1.82, 2.24) is 5.32 Å². The number of methoxy groups -OCH3 is 2. The fourth-order valence-corrected chi connectivity index (χ4v) is 2.29. The Balaban J connectivity index is 1.98. The lowest BCUT2D eigenvalue weighted by atomic mass is 10.1. The van der Waals surface area contributed by atoms with Gasteiger partial charge in [0, 0.05) is 12.1 Å². The third-order valence-electron chi connectivity index (χ3n) is 3.45. The third-order valence-corrected chi connectivity index (χ3v) is 3.45. The lowest BCUT2D eigenvalue weighted by Gasteiger charge is -2.21. The van der Waals surface area contributed by atoms with Crippen LogP contribution in [0.2, 0.25) is 0 Å². The highest BCUT2D eigenvalue weighted by molar-refractivity contribution is 5.94. The smallest absolute Gasteiger partial charge is 0.251 e. The highest BCUT2D eigenvalue weighted by atomic mass is 16.5. The second kappa shape index (κ2) is 7.92. The molecular formula is C20H25NO4. The summed E-state index contributed by atoms with van der Waals surface area (Å²) in [5.74, 6) is 1.76. The molecule has 0 fully saturated rings. The van der Waals surface area contributed by atoms with Crippen LogP contribution < -0.4 is 19.5 Å². The predicted octanol–water partition coefficient (Wildman–Crippen LogP) is 3.81. The maximum Gasteiger partial charge on any atom is 0.251 e. The number of benzene rings is 2. The zero-order valence-electron chi connectivity index (χ0n) is 15.4. The standard InChI is InChI=1S/C20H25NO4/c1-20(2,3)25-16-9-6-14(7-10-16)13-21-19(22)15-8-11-17(23-4)18(12-15)24-5/h6-12H,13H2,1-5H3,(H,21,22). The highest BCUT2D eigenvalue weighted by Gasteiger charge is 2.12. The van der Waals surface area contributed by atoms with Crippen molar-refractivity contribution >= 4 is 5.91 Å². The van der Waals surface area contributed by atoms with E-state index in [4.69, 9.17) is 14.2 Å². The van der Waals surface area contributed by atoms with Gasteiger partial charge in [0.1, 0.15) is 11.4 Å². The zero-order chi connectivity index (χ0) is 18.4. The first-order valence-corrected chi connectivity index (χ1v) is 8.10. The van der Waals surface area contributed by atoms with Crippen molar-refractivity contribution in [3.63, 3.8) is 0 Å². The Bertz CT molecular complexity index is 717. The number of carbonyl (C=O) groups is 1. The summed E-state index contributed by atoms with van der Waals surface area (Å²) in [4.78, 5) is 12.3. The van der Waals surface area contributed by atoms with Crippen molar-refractivity contribution < 1.29 is 19.0 Å². The lowest BCUT2D eigenvalue weighted by molar-refractivity contribution is 0.0950. The highest BCUT2D eigenvalue weighted by Crippen LogP contribution is 2.27. The van der Waals surface area contributed by atoms with Gasteiger partial charge in [0.25, 0.3) is 5.91 Å². The maximum absolute atomic E-state index is 12.3. The molecule has 5 nitrogen and oxygen atoms in total. The van der Waals surface area contributed by atoms with Crippen molar-refractivity contribution in [3.05, 3.63) is 53.6 Å². The summed E-state index contributed by atoms with van der Waals surface area (Å²) < 4.78 is 16.2. The molecule has 2 rings (SSSR count). The van der Waals surface area contributed by atoms with Gasteiger partial charge in [-0.25, -0.2) is 0 Å². The molecule has 2 aromatic rings. The largest absolute Gasteiger partial charge is 0.493 e. The average molecular weight is 343 g/mol. The van der Waals surface area contributed by atoms with Gasteiger partial charge in [-0.2, -0.15) is 0 Å². The monoisotopic (exact) mass is 343 g/mol. The van der Waals surface area contributed by atoms with E-state index >= 15 is 0 Å². The van der Waals surface area contributed by atoms with Crippen LogP contribution in [-0.4, -0.2) is 25.7 Å². The molecule has 0 atom stereocenters. The van der Waals surface area contributed by atoms with Crippen LogP contribution in [-0.2, 0) is 6.54 Å². The molecule has 5 heteroatoms. The van der Waals surface area contributed by atoms with E-state index in [0.717, 1.165) is 11.3 Å². The Hall–Kier alpha value is -2.69. The molecule has 2 aromatic carbocycles. The average Bonchev–Trinajstić information content (AvgIpc) is 2.58. The van der Waals surface area contributed by atoms with Crippen LogP contribution in [0.1, 0.15) is 36.7 Å². The Kier molecular flexibility index (Phi) is 5.91. The second-order valence-electron chi connectivity index (χ2n) is 6.61. The van der Waals surface area contributed by atoms with Crippen molar-refractivity contribution in [2.24, 2.45) is 0 Å². The molecule has 0 radical (unpaired) electrons. The molecule has 0 saturated carbocycles. The number of nitrogens with one attached hydrogen (secondary N) is 1. The first-order valence-electron chi connectivity index (χ1n) is 8.10. The minimum Gasteiger partial charge on any atom is -0.493 e. The third kappa shape index (κ3) is 5.41. The Morgan fingerprint density at radius 1 is 0.960 bits per heavy atom. The van der Waals surface area contributed by atoms with Gasteiger partial charge < -0.3 is 19.5 Å². The van der Waals surface area contributed by atoms with E-state index in [2.05, 4.69) is 5.32 Å². The van der Waals surface area contributed by atoms with Gasteiger partial charge in [0.15, 0.2) is 11.5 Å². The minimum absolute atomic E-state index is 0.170. The van der Waals surface area contributed by atoms with Gasteiger partial charge in [-0.15, -0.1) is 0 Å². The van der Waals surface area contributed by atoms with E-state index in [9.17, 15) is 4.79 Å². The van der Waals surface area contributed by atoms with Crippen LogP contribution in [0.4, 0.5) is 0 Å². The van der Waals surface area contributed by atoms with E-state index < -0.39 is 0 Å². The van der Waals surface area contributed by atoms with E-state index in [-0.39, 0.29) is 11.5 Å². The number of hydrogen-bond donors (Lipinski definition) is 1. The van der Waals surface area contributed by atoms with Crippen LogP contribution in [0.25, 0.3) is 0 Å². The minimum atomic E-state index is -0.233. The Morgan fingerprint density at radius 2 is 1.60 bits per heavy atom. The molecule has 0 unspecified atom stereocenters. The van der Waals surface area contributed by atoms with Gasteiger partial charge in [-0.3, -0.25) is 4.79 Å². The summed E-state index contributed by atoms with van der Waals surface area (Å²) in [6.07, 6.45) is 0. The molecule has 1 amide bonds. The molecular weight excluding hydrogens is 318 g/mol. The number of rotatable bonds is 6. The molecule has 0 aliphatic heterocycles. The summed E-state index contributed by atoms with van der Waals surface area (Å²) in [6.45, 7) is 6.45. The van der Waals surface area contributed by atoms with Crippen LogP contribution >= 0.6 is 0 Å². The molecule has 25 heavy (non-hydrogen) atoms. The molecule has 0 aliphatic rings. The number of hydrogen-bond acceptors (Lipinski definition) is 4.